The maximum absolute atomic E-state index is 14.2. The van der Waals surface area contributed by atoms with Gasteiger partial charge in [-0.3, -0.25) is 9.59 Å². The molecule has 2 heterocycles. The lowest BCUT2D eigenvalue weighted by Gasteiger charge is -2.40. The van der Waals surface area contributed by atoms with E-state index < -0.39 is 17.7 Å². The van der Waals surface area contributed by atoms with Crippen molar-refractivity contribution in [1.82, 2.24) is 19.4 Å². The van der Waals surface area contributed by atoms with Gasteiger partial charge >= 0.3 is 0 Å². The molecule has 0 spiro atoms. The van der Waals surface area contributed by atoms with Crippen LogP contribution in [0.15, 0.2) is 134 Å². The number of nitrogens with zero attached hydrogens (tertiary/aromatic N) is 4. The fourth-order valence-electron chi connectivity index (χ4n) is 6.93. The number of hydrogen-bond donors (Lipinski definition) is 0. The van der Waals surface area contributed by atoms with E-state index in [1.807, 2.05) is 68.1 Å². The predicted octanol–water partition coefficient (Wildman–Crippen LogP) is 6.62. The number of aromatic nitrogens is 2. The highest BCUT2D eigenvalue weighted by molar-refractivity contribution is 6.00. The maximum Gasteiger partial charge on any atom is 0.256 e. The van der Waals surface area contributed by atoms with Crippen molar-refractivity contribution in [3.63, 3.8) is 0 Å². The van der Waals surface area contributed by atoms with Gasteiger partial charge in [-0.25, -0.2) is 4.98 Å². The summed E-state index contributed by atoms with van der Waals surface area (Å²) in [4.78, 5) is 36.5. The Hall–Kier alpha value is -4.97. The highest BCUT2D eigenvalue weighted by atomic mass is 16.2. The van der Waals surface area contributed by atoms with Gasteiger partial charge in [0, 0.05) is 36.3 Å². The Balaban J connectivity index is 1.54. The number of carbonyl (C=O) groups excluding carboxylic acids is 2. The van der Waals surface area contributed by atoms with E-state index in [1.165, 1.54) is 0 Å². The van der Waals surface area contributed by atoms with Crippen LogP contribution in [0.5, 0.6) is 0 Å². The average molecular weight is 583 g/mol. The van der Waals surface area contributed by atoms with Gasteiger partial charge in [-0.2, -0.15) is 0 Å². The van der Waals surface area contributed by atoms with Crippen LogP contribution in [0.4, 0.5) is 0 Å². The van der Waals surface area contributed by atoms with Gasteiger partial charge in [-0.05, 0) is 28.8 Å². The van der Waals surface area contributed by atoms with Crippen LogP contribution < -0.4 is 0 Å². The van der Waals surface area contributed by atoms with Gasteiger partial charge in [-0.1, -0.05) is 130 Å². The number of amides is 2. The van der Waals surface area contributed by atoms with Gasteiger partial charge in [0.2, 0.25) is 5.91 Å². The van der Waals surface area contributed by atoms with E-state index >= 15 is 0 Å². The number of rotatable bonds is 7. The molecular formula is C38H38N4O2. The standard InChI is InChI=1S/C38H38N4O2/c1-37(2,3)36-40(4)35(44)33(42(36)34(43)28-17-9-5-10-18-28)25-32-26-39-27-41(32)38(29-19-11-6-12-20-29,30-21-13-7-14-22-30)31-23-15-8-16-24-31/h5-24,26-27,33,36H,25H2,1-4H3/t33-,36+/m0/s1. The minimum Gasteiger partial charge on any atom is -0.323 e. The van der Waals surface area contributed by atoms with E-state index in [0.717, 1.165) is 22.4 Å². The van der Waals surface area contributed by atoms with Gasteiger partial charge in [0.05, 0.1) is 6.33 Å². The number of benzene rings is 4. The molecule has 6 nitrogen and oxygen atoms in total. The molecule has 1 saturated heterocycles. The quantitative estimate of drug-likeness (QED) is 0.203. The van der Waals surface area contributed by atoms with E-state index in [-0.39, 0.29) is 17.2 Å². The zero-order chi connectivity index (χ0) is 30.9. The molecule has 6 rings (SSSR count). The monoisotopic (exact) mass is 582 g/mol. The summed E-state index contributed by atoms with van der Waals surface area (Å²) in [7, 11) is 1.81. The van der Waals surface area contributed by atoms with Crippen molar-refractivity contribution < 1.29 is 9.59 Å². The van der Waals surface area contributed by atoms with Gasteiger partial charge in [0.1, 0.15) is 17.7 Å². The summed E-state index contributed by atoms with van der Waals surface area (Å²) in [6.07, 6.45) is 3.59. The SMILES string of the molecule is CN1C(=O)[C@H](Cc2cncn2C(c2ccccc2)(c2ccccc2)c2ccccc2)N(C(=O)c2ccccc2)[C@@H]1C(C)(C)C. The molecule has 4 aromatic carbocycles. The molecule has 0 bridgehead atoms. The van der Waals surface area contributed by atoms with Gasteiger partial charge in [0.15, 0.2) is 0 Å². The Morgan fingerprint density at radius 3 is 1.64 bits per heavy atom. The number of carbonyl (C=O) groups is 2. The lowest BCUT2D eigenvalue weighted by Crippen LogP contribution is -2.51. The van der Waals surface area contributed by atoms with Crippen LogP contribution in [-0.4, -0.2) is 50.4 Å². The van der Waals surface area contributed by atoms with E-state index in [0.29, 0.717) is 12.0 Å². The fourth-order valence-corrected chi connectivity index (χ4v) is 6.93. The largest absolute Gasteiger partial charge is 0.323 e. The molecular weight excluding hydrogens is 544 g/mol. The normalized spacial score (nSPS) is 17.2. The van der Waals surface area contributed by atoms with Crippen LogP contribution >= 0.6 is 0 Å². The Kier molecular flexibility index (Phi) is 7.68. The van der Waals surface area contributed by atoms with Crippen LogP contribution in [0, 0.1) is 5.41 Å². The van der Waals surface area contributed by atoms with Gasteiger partial charge in [0.25, 0.3) is 5.91 Å². The number of likely N-dealkylation sites (N-methyl/N-ethyl adjacent to an activating group) is 1. The third-order valence-corrected chi connectivity index (χ3v) is 8.68. The third-order valence-electron chi connectivity index (χ3n) is 8.68. The first-order chi connectivity index (χ1) is 21.2. The lowest BCUT2D eigenvalue weighted by molar-refractivity contribution is -0.129. The third kappa shape index (κ3) is 4.90. The second kappa shape index (κ2) is 11.6. The van der Waals surface area contributed by atoms with Crippen molar-refractivity contribution >= 4 is 11.8 Å². The first kappa shape index (κ1) is 29.1. The van der Waals surface area contributed by atoms with E-state index in [1.54, 1.807) is 9.80 Å². The average Bonchev–Trinajstić information content (AvgIpc) is 3.61. The molecule has 2 atom stereocenters. The van der Waals surface area contributed by atoms with Crippen LogP contribution in [0.3, 0.4) is 0 Å². The van der Waals surface area contributed by atoms with E-state index in [4.69, 9.17) is 0 Å². The van der Waals surface area contributed by atoms with Crippen LogP contribution in [0.2, 0.25) is 0 Å². The smallest absolute Gasteiger partial charge is 0.256 e. The second-order valence-corrected chi connectivity index (χ2v) is 12.6. The Bertz CT molecular complexity index is 1630. The molecule has 5 aromatic rings. The zero-order valence-electron chi connectivity index (χ0n) is 25.7. The maximum atomic E-state index is 14.2. The summed E-state index contributed by atoms with van der Waals surface area (Å²) >= 11 is 0. The summed E-state index contributed by atoms with van der Waals surface area (Å²) in [5.74, 6) is -0.230. The Morgan fingerprint density at radius 2 is 1.18 bits per heavy atom. The second-order valence-electron chi connectivity index (χ2n) is 12.6. The molecule has 222 valence electrons. The highest BCUT2D eigenvalue weighted by Gasteiger charge is 2.52. The fraction of sp³-hybridized carbons (Fsp3) is 0.237. The van der Waals surface area contributed by atoms with Crippen molar-refractivity contribution in [3.05, 3.63) is 162 Å². The molecule has 1 fully saturated rings. The van der Waals surface area contributed by atoms with Crippen molar-refractivity contribution in [1.29, 1.82) is 0 Å². The molecule has 0 N–H and O–H groups in total. The molecule has 6 heteroatoms. The number of hydrogen-bond acceptors (Lipinski definition) is 3. The Labute approximate surface area is 259 Å². The summed E-state index contributed by atoms with van der Waals surface area (Å²) in [5, 5.41) is 0. The van der Waals surface area contributed by atoms with Gasteiger partial charge < -0.3 is 14.4 Å². The van der Waals surface area contributed by atoms with Crippen molar-refractivity contribution in [3.8, 4) is 0 Å². The lowest BCUT2D eigenvalue weighted by atomic mass is 9.76. The minimum absolute atomic E-state index is 0.0771. The zero-order valence-corrected chi connectivity index (χ0v) is 25.7. The van der Waals surface area contributed by atoms with Crippen LogP contribution in [0.1, 0.15) is 53.5 Å². The molecule has 0 unspecified atom stereocenters. The van der Waals surface area contributed by atoms with Crippen molar-refractivity contribution in [2.45, 2.75) is 44.9 Å². The molecule has 0 aliphatic carbocycles. The highest BCUT2D eigenvalue weighted by Crippen LogP contribution is 2.43. The van der Waals surface area contributed by atoms with Crippen LogP contribution in [-0.2, 0) is 16.8 Å². The molecule has 2 amide bonds. The van der Waals surface area contributed by atoms with E-state index in [2.05, 4.69) is 103 Å². The Morgan fingerprint density at radius 1 is 0.727 bits per heavy atom. The van der Waals surface area contributed by atoms with Crippen LogP contribution in [0.25, 0.3) is 0 Å². The molecule has 0 radical (unpaired) electrons. The summed E-state index contributed by atoms with van der Waals surface area (Å²) < 4.78 is 2.19. The topological polar surface area (TPSA) is 58.4 Å². The minimum atomic E-state index is -0.777. The summed E-state index contributed by atoms with van der Waals surface area (Å²) in [5.41, 5.74) is 3.47. The molecule has 0 saturated carbocycles. The van der Waals surface area contributed by atoms with Crippen molar-refractivity contribution in [2.75, 3.05) is 7.05 Å². The predicted molar refractivity (Wildman–Crippen MR) is 173 cm³/mol. The molecule has 1 aromatic heterocycles. The first-order valence-corrected chi connectivity index (χ1v) is 15.1. The summed E-state index contributed by atoms with van der Waals surface area (Å²) in [6.45, 7) is 6.22. The molecule has 1 aliphatic rings. The summed E-state index contributed by atoms with van der Waals surface area (Å²) in [6, 6.07) is 39.7. The van der Waals surface area contributed by atoms with E-state index in [9.17, 15) is 9.59 Å². The molecule has 44 heavy (non-hydrogen) atoms. The molecule has 1 aliphatic heterocycles. The van der Waals surface area contributed by atoms with Crippen molar-refractivity contribution in [2.24, 2.45) is 5.41 Å². The first-order valence-electron chi connectivity index (χ1n) is 15.1. The van der Waals surface area contributed by atoms with Gasteiger partial charge in [-0.15, -0.1) is 0 Å². The number of imidazole rings is 1.